The van der Waals surface area contributed by atoms with Gasteiger partial charge < -0.3 is 9.72 Å². The number of rotatable bonds is 10. The van der Waals surface area contributed by atoms with Crippen LogP contribution in [0.5, 0.6) is 0 Å². The van der Waals surface area contributed by atoms with Crippen molar-refractivity contribution in [3.8, 4) is 0 Å². The largest absolute Gasteiger partial charge is 0.379 e. The molecule has 0 bridgehead atoms. The minimum absolute atomic E-state index is 0.0153. The number of aromatic nitrogens is 5. The highest BCUT2D eigenvalue weighted by molar-refractivity contribution is 5.81. The SMILES string of the molecule is CCC[C@@H](c1nnnn1C(C)(C)C)N(CCCN1CCOCC1)Cc1cc2cccc(C)c2[nH]c1=O. The summed E-state index contributed by atoms with van der Waals surface area (Å²) < 4.78 is 7.45. The predicted octanol–water partition coefficient (Wildman–Crippen LogP) is 3.64. The van der Waals surface area contributed by atoms with Crippen LogP contribution in [0.4, 0.5) is 0 Å². The lowest BCUT2D eigenvalue weighted by molar-refractivity contribution is 0.0347. The molecule has 1 aliphatic heterocycles. The molecule has 1 fully saturated rings. The molecule has 0 saturated carbocycles. The first kappa shape index (κ1) is 26.4. The molecule has 3 heterocycles. The molecule has 36 heavy (non-hydrogen) atoms. The van der Waals surface area contributed by atoms with Gasteiger partial charge in [-0.2, -0.15) is 0 Å². The number of para-hydroxylation sites is 1. The van der Waals surface area contributed by atoms with Crippen LogP contribution in [0.1, 0.15) is 70.0 Å². The molecule has 3 aromatic rings. The Morgan fingerprint density at radius 3 is 2.72 bits per heavy atom. The van der Waals surface area contributed by atoms with Crippen molar-refractivity contribution in [3.63, 3.8) is 0 Å². The van der Waals surface area contributed by atoms with Crippen LogP contribution in [0.2, 0.25) is 0 Å². The van der Waals surface area contributed by atoms with Gasteiger partial charge in [-0.1, -0.05) is 31.5 Å². The average molecular weight is 496 g/mol. The summed E-state index contributed by atoms with van der Waals surface area (Å²) in [6, 6.07) is 8.19. The smallest absolute Gasteiger partial charge is 0.252 e. The van der Waals surface area contributed by atoms with Crippen molar-refractivity contribution in [1.82, 2.24) is 35.0 Å². The molecule has 0 unspecified atom stereocenters. The Morgan fingerprint density at radius 1 is 1.22 bits per heavy atom. The third-order valence-electron chi connectivity index (χ3n) is 6.99. The van der Waals surface area contributed by atoms with E-state index in [1.54, 1.807) is 0 Å². The molecule has 0 amide bonds. The van der Waals surface area contributed by atoms with Gasteiger partial charge in [0.1, 0.15) is 0 Å². The number of H-pyrrole nitrogens is 1. The fourth-order valence-corrected chi connectivity index (χ4v) is 5.06. The maximum atomic E-state index is 13.2. The van der Waals surface area contributed by atoms with Gasteiger partial charge in [-0.25, -0.2) is 4.68 Å². The van der Waals surface area contributed by atoms with Gasteiger partial charge in [0.2, 0.25) is 0 Å². The number of benzene rings is 1. The second kappa shape index (κ2) is 11.6. The zero-order valence-electron chi connectivity index (χ0n) is 22.5. The van der Waals surface area contributed by atoms with E-state index < -0.39 is 0 Å². The topological polar surface area (TPSA) is 92.2 Å². The van der Waals surface area contributed by atoms with E-state index in [9.17, 15) is 4.79 Å². The van der Waals surface area contributed by atoms with Crippen LogP contribution in [0, 0.1) is 6.92 Å². The predicted molar refractivity (Wildman–Crippen MR) is 142 cm³/mol. The molecule has 9 heteroatoms. The molecule has 4 rings (SSSR count). The highest BCUT2D eigenvalue weighted by Crippen LogP contribution is 2.29. The Kier molecular flexibility index (Phi) is 8.54. The van der Waals surface area contributed by atoms with Crippen LogP contribution >= 0.6 is 0 Å². The Hall–Kier alpha value is -2.62. The lowest BCUT2D eigenvalue weighted by Crippen LogP contribution is -2.39. The van der Waals surface area contributed by atoms with Gasteiger partial charge in [0.05, 0.1) is 30.3 Å². The number of hydrogen-bond donors (Lipinski definition) is 1. The third kappa shape index (κ3) is 6.19. The molecule has 1 atom stereocenters. The molecule has 0 spiro atoms. The number of pyridine rings is 1. The Labute approximate surface area is 213 Å². The highest BCUT2D eigenvalue weighted by atomic mass is 16.5. The summed E-state index contributed by atoms with van der Waals surface area (Å²) in [6.45, 7) is 16.5. The Bertz CT molecular complexity index is 1190. The Balaban J connectivity index is 1.65. The van der Waals surface area contributed by atoms with Crippen molar-refractivity contribution >= 4 is 10.9 Å². The summed E-state index contributed by atoms with van der Waals surface area (Å²) in [5.41, 5.74) is 2.50. The molecule has 1 aromatic carbocycles. The molecule has 2 aromatic heterocycles. The first-order valence-corrected chi connectivity index (χ1v) is 13.2. The zero-order valence-corrected chi connectivity index (χ0v) is 22.5. The van der Waals surface area contributed by atoms with Gasteiger partial charge in [-0.05, 0) is 74.5 Å². The number of tetrazole rings is 1. The molecule has 1 N–H and O–H groups in total. The molecule has 1 saturated heterocycles. The van der Waals surface area contributed by atoms with Crippen LogP contribution in [-0.2, 0) is 16.8 Å². The monoisotopic (exact) mass is 495 g/mol. The number of aryl methyl sites for hydroxylation is 1. The van der Waals surface area contributed by atoms with Crippen molar-refractivity contribution in [1.29, 1.82) is 0 Å². The minimum atomic E-state index is -0.234. The number of nitrogens with one attached hydrogen (secondary N) is 1. The minimum Gasteiger partial charge on any atom is -0.379 e. The number of fused-ring (bicyclic) bond motifs is 1. The van der Waals surface area contributed by atoms with E-state index in [-0.39, 0.29) is 17.1 Å². The van der Waals surface area contributed by atoms with Gasteiger partial charge >= 0.3 is 0 Å². The molecule has 0 aliphatic carbocycles. The summed E-state index contributed by atoms with van der Waals surface area (Å²) in [6.07, 6.45) is 2.91. The number of morpholine rings is 1. The van der Waals surface area contributed by atoms with Gasteiger partial charge in [-0.15, -0.1) is 5.10 Å². The van der Waals surface area contributed by atoms with Crippen molar-refractivity contribution < 1.29 is 4.74 Å². The van der Waals surface area contributed by atoms with Crippen LogP contribution < -0.4 is 5.56 Å². The quantitative estimate of drug-likeness (QED) is 0.459. The summed E-state index contributed by atoms with van der Waals surface area (Å²) in [4.78, 5) is 21.2. The zero-order chi connectivity index (χ0) is 25.7. The van der Waals surface area contributed by atoms with Crippen molar-refractivity contribution in [2.24, 2.45) is 0 Å². The summed E-state index contributed by atoms with van der Waals surface area (Å²) >= 11 is 0. The first-order chi connectivity index (χ1) is 17.3. The van der Waals surface area contributed by atoms with E-state index in [0.29, 0.717) is 6.54 Å². The third-order valence-corrected chi connectivity index (χ3v) is 6.99. The average Bonchev–Trinajstić information content (AvgIpc) is 3.34. The van der Waals surface area contributed by atoms with Crippen molar-refractivity contribution in [2.45, 2.75) is 72.0 Å². The molecule has 9 nitrogen and oxygen atoms in total. The summed E-state index contributed by atoms with van der Waals surface area (Å²) in [7, 11) is 0. The van der Waals surface area contributed by atoms with E-state index in [2.05, 4.69) is 64.1 Å². The van der Waals surface area contributed by atoms with Crippen LogP contribution in [-0.4, -0.2) is 74.4 Å². The van der Waals surface area contributed by atoms with E-state index >= 15 is 0 Å². The second-order valence-electron chi connectivity index (χ2n) is 10.9. The molecule has 0 radical (unpaired) electrons. The maximum Gasteiger partial charge on any atom is 0.252 e. The Morgan fingerprint density at radius 2 is 2.00 bits per heavy atom. The fraction of sp³-hybridized carbons (Fsp3) is 0.630. The highest BCUT2D eigenvalue weighted by Gasteiger charge is 2.30. The van der Waals surface area contributed by atoms with Crippen molar-refractivity contribution in [2.75, 3.05) is 39.4 Å². The van der Waals surface area contributed by atoms with E-state index in [4.69, 9.17) is 4.74 Å². The molecular formula is C27H41N7O2. The number of ether oxygens (including phenoxy) is 1. The standard InChI is InChI=1S/C27H41N7O2/c1-6-9-23(25-29-30-31-34(25)27(3,4)5)33(13-8-12-32-14-16-36-17-15-32)19-22-18-21-11-7-10-20(2)24(21)28-26(22)35/h7,10-11,18,23H,6,8-9,12-17,19H2,1-5H3,(H,28,35)/t23-/m0/s1. The number of aromatic amines is 1. The lowest BCUT2D eigenvalue weighted by Gasteiger charge is -2.34. The molecular weight excluding hydrogens is 454 g/mol. The van der Waals surface area contributed by atoms with Gasteiger partial charge in [0.15, 0.2) is 5.82 Å². The first-order valence-electron chi connectivity index (χ1n) is 13.2. The maximum absolute atomic E-state index is 13.2. The van der Waals surface area contributed by atoms with E-state index in [1.165, 1.54) is 0 Å². The summed E-state index contributed by atoms with van der Waals surface area (Å²) in [5, 5.41) is 13.9. The number of nitrogens with zero attached hydrogens (tertiary/aromatic N) is 6. The fourth-order valence-electron chi connectivity index (χ4n) is 5.06. The van der Waals surface area contributed by atoms with Crippen LogP contribution in [0.3, 0.4) is 0 Å². The second-order valence-corrected chi connectivity index (χ2v) is 10.9. The van der Waals surface area contributed by atoms with Gasteiger partial charge in [-0.3, -0.25) is 14.6 Å². The van der Waals surface area contributed by atoms with Gasteiger partial charge in [0, 0.05) is 31.7 Å². The van der Waals surface area contributed by atoms with E-state index in [1.807, 2.05) is 29.8 Å². The van der Waals surface area contributed by atoms with Crippen LogP contribution in [0.15, 0.2) is 29.1 Å². The normalized spacial score (nSPS) is 16.2. The van der Waals surface area contributed by atoms with Gasteiger partial charge in [0.25, 0.3) is 5.56 Å². The van der Waals surface area contributed by atoms with Crippen LogP contribution in [0.25, 0.3) is 10.9 Å². The summed E-state index contributed by atoms with van der Waals surface area (Å²) in [5.74, 6) is 0.865. The molecule has 1 aliphatic rings. The molecule has 196 valence electrons. The van der Waals surface area contributed by atoms with E-state index in [0.717, 1.165) is 86.5 Å². The lowest BCUT2D eigenvalue weighted by atomic mass is 10.0. The van der Waals surface area contributed by atoms with Crippen molar-refractivity contribution in [3.05, 3.63) is 51.6 Å². The number of hydrogen-bond acceptors (Lipinski definition) is 7.